The highest BCUT2D eigenvalue weighted by Gasteiger charge is 2.40. The largest absolute Gasteiger partial charge is 0.307 e. The molecule has 1 aromatic heterocycles. The molecule has 1 aromatic rings. The van der Waals surface area contributed by atoms with Gasteiger partial charge in [0.25, 0.3) is 0 Å². The quantitative estimate of drug-likeness (QED) is 0.643. The molecule has 0 bridgehead atoms. The van der Waals surface area contributed by atoms with E-state index in [9.17, 15) is 8.42 Å². The van der Waals surface area contributed by atoms with Crippen LogP contribution in [0.25, 0.3) is 0 Å². The number of nitrogen functional groups attached to an aromatic ring is 1. The van der Waals surface area contributed by atoms with Gasteiger partial charge in [-0.05, 0) is 38.3 Å². The minimum atomic E-state index is -3.56. The van der Waals surface area contributed by atoms with Crippen LogP contribution in [0.3, 0.4) is 0 Å². The molecule has 6 nitrogen and oxygen atoms in total. The molecule has 1 saturated heterocycles. The minimum Gasteiger partial charge on any atom is -0.307 e. The van der Waals surface area contributed by atoms with E-state index >= 15 is 0 Å². The zero-order valence-corrected chi connectivity index (χ0v) is 12.0. The van der Waals surface area contributed by atoms with Crippen LogP contribution in [0.1, 0.15) is 33.1 Å². The number of aromatic nitrogens is 1. The van der Waals surface area contributed by atoms with Crippen LogP contribution >= 0.6 is 0 Å². The highest BCUT2D eigenvalue weighted by atomic mass is 32.2. The standard InChI is InChI=1S/C12H20N4O2S/c1-3-10-7-6-9(2)16(10)19(17,18)11-5-4-8-14-12(11)15-13/h4-5,8-10H,3,6-7,13H2,1-2H3,(H,14,15). The van der Waals surface area contributed by atoms with E-state index < -0.39 is 10.0 Å². The lowest BCUT2D eigenvalue weighted by atomic mass is 10.2. The van der Waals surface area contributed by atoms with E-state index in [-0.39, 0.29) is 22.8 Å². The predicted octanol–water partition coefficient (Wildman–Crippen LogP) is 1.32. The number of hydrogen-bond donors (Lipinski definition) is 2. The van der Waals surface area contributed by atoms with Crippen LogP contribution in [0.5, 0.6) is 0 Å². The van der Waals surface area contributed by atoms with Gasteiger partial charge >= 0.3 is 0 Å². The van der Waals surface area contributed by atoms with Crippen molar-refractivity contribution in [3.05, 3.63) is 18.3 Å². The molecule has 106 valence electrons. The zero-order chi connectivity index (χ0) is 14.0. The molecule has 1 aliphatic rings. The second-order valence-electron chi connectivity index (χ2n) is 4.82. The molecule has 1 fully saturated rings. The summed E-state index contributed by atoms with van der Waals surface area (Å²) < 4.78 is 27.2. The fraction of sp³-hybridized carbons (Fsp3) is 0.583. The second-order valence-corrected chi connectivity index (χ2v) is 6.63. The van der Waals surface area contributed by atoms with Crippen LogP contribution in [-0.2, 0) is 10.0 Å². The molecule has 7 heteroatoms. The van der Waals surface area contributed by atoms with Gasteiger partial charge in [0, 0.05) is 18.3 Å². The lowest BCUT2D eigenvalue weighted by molar-refractivity contribution is 0.329. The normalized spacial score (nSPS) is 24.6. The van der Waals surface area contributed by atoms with Crippen LogP contribution in [0.2, 0.25) is 0 Å². The van der Waals surface area contributed by atoms with Gasteiger partial charge in [-0.2, -0.15) is 4.31 Å². The molecule has 0 amide bonds. The Bertz CT molecular complexity index is 546. The van der Waals surface area contributed by atoms with Crippen LogP contribution in [0.4, 0.5) is 5.82 Å². The number of sulfonamides is 1. The Morgan fingerprint density at radius 3 is 2.89 bits per heavy atom. The van der Waals surface area contributed by atoms with E-state index in [2.05, 4.69) is 10.4 Å². The van der Waals surface area contributed by atoms with Gasteiger partial charge in [-0.15, -0.1) is 0 Å². The maximum absolute atomic E-state index is 12.8. The monoisotopic (exact) mass is 284 g/mol. The van der Waals surface area contributed by atoms with Crippen molar-refractivity contribution in [1.29, 1.82) is 0 Å². The van der Waals surface area contributed by atoms with Gasteiger partial charge in [-0.25, -0.2) is 19.2 Å². The zero-order valence-electron chi connectivity index (χ0n) is 11.2. The summed E-state index contributed by atoms with van der Waals surface area (Å²) in [6.45, 7) is 3.95. The Kier molecular flexibility index (Phi) is 4.07. The molecule has 3 N–H and O–H groups in total. The molecule has 0 aliphatic carbocycles. The number of nitrogens with two attached hydrogens (primary N) is 1. The topological polar surface area (TPSA) is 88.3 Å². The Morgan fingerprint density at radius 2 is 2.26 bits per heavy atom. The first-order chi connectivity index (χ1) is 9.02. The summed E-state index contributed by atoms with van der Waals surface area (Å²) in [4.78, 5) is 4.11. The Morgan fingerprint density at radius 1 is 1.53 bits per heavy atom. The lowest BCUT2D eigenvalue weighted by Crippen LogP contribution is -2.40. The average Bonchev–Trinajstić information content (AvgIpc) is 2.80. The van der Waals surface area contributed by atoms with Crippen LogP contribution in [0, 0.1) is 0 Å². The molecule has 2 atom stereocenters. The predicted molar refractivity (Wildman–Crippen MR) is 73.8 cm³/mol. The molecule has 19 heavy (non-hydrogen) atoms. The number of hydrogen-bond acceptors (Lipinski definition) is 5. The Labute approximate surface area is 114 Å². The Hall–Kier alpha value is -1.18. The fourth-order valence-electron chi connectivity index (χ4n) is 2.69. The number of nitrogens with zero attached hydrogens (tertiary/aromatic N) is 2. The van der Waals surface area contributed by atoms with Gasteiger partial charge in [0.1, 0.15) is 4.90 Å². The summed E-state index contributed by atoms with van der Waals surface area (Å²) in [5.41, 5.74) is 2.36. The van der Waals surface area contributed by atoms with E-state index in [1.165, 1.54) is 12.3 Å². The van der Waals surface area contributed by atoms with Gasteiger partial charge in [-0.3, -0.25) is 0 Å². The third kappa shape index (κ3) is 2.45. The first-order valence-corrected chi connectivity index (χ1v) is 7.91. The molecule has 2 heterocycles. The summed E-state index contributed by atoms with van der Waals surface area (Å²) in [6.07, 6.45) is 4.13. The third-order valence-electron chi connectivity index (χ3n) is 3.65. The van der Waals surface area contributed by atoms with Crippen LogP contribution < -0.4 is 11.3 Å². The van der Waals surface area contributed by atoms with E-state index in [4.69, 9.17) is 5.84 Å². The number of hydrazine groups is 1. The van der Waals surface area contributed by atoms with Crippen molar-refractivity contribution in [2.24, 2.45) is 5.84 Å². The van der Waals surface area contributed by atoms with Gasteiger partial charge in [-0.1, -0.05) is 6.92 Å². The van der Waals surface area contributed by atoms with Crippen molar-refractivity contribution in [2.45, 2.75) is 50.1 Å². The fourth-order valence-corrected chi connectivity index (χ4v) is 4.75. The first kappa shape index (κ1) is 14.2. The van der Waals surface area contributed by atoms with Crippen molar-refractivity contribution >= 4 is 15.8 Å². The molecule has 0 spiro atoms. The van der Waals surface area contributed by atoms with Crippen molar-refractivity contribution < 1.29 is 8.42 Å². The SMILES string of the molecule is CCC1CCC(C)N1S(=O)(=O)c1cccnc1NN. The maximum atomic E-state index is 12.8. The smallest absolute Gasteiger partial charge is 0.247 e. The van der Waals surface area contributed by atoms with E-state index in [1.807, 2.05) is 13.8 Å². The molecule has 0 aromatic carbocycles. The number of anilines is 1. The third-order valence-corrected chi connectivity index (χ3v) is 5.74. The molecule has 0 saturated carbocycles. The van der Waals surface area contributed by atoms with E-state index in [0.29, 0.717) is 0 Å². The second kappa shape index (κ2) is 5.44. The van der Waals surface area contributed by atoms with E-state index in [0.717, 1.165) is 19.3 Å². The van der Waals surface area contributed by atoms with Crippen molar-refractivity contribution in [2.75, 3.05) is 5.43 Å². The molecule has 2 unspecified atom stereocenters. The molecule has 1 aliphatic heterocycles. The van der Waals surface area contributed by atoms with Crippen molar-refractivity contribution in [1.82, 2.24) is 9.29 Å². The van der Waals surface area contributed by atoms with Gasteiger partial charge in [0.05, 0.1) is 0 Å². The summed E-state index contributed by atoms with van der Waals surface area (Å²) in [6, 6.07) is 3.22. The molecular weight excluding hydrogens is 264 g/mol. The maximum Gasteiger partial charge on any atom is 0.247 e. The lowest BCUT2D eigenvalue weighted by Gasteiger charge is -2.27. The first-order valence-electron chi connectivity index (χ1n) is 6.47. The summed E-state index contributed by atoms with van der Waals surface area (Å²) in [5, 5.41) is 0. The molecular formula is C12H20N4O2S. The highest BCUT2D eigenvalue weighted by Crippen LogP contribution is 2.33. The molecule has 2 rings (SSSR count). The van der Waals surface area contributed by atoms with Gasteiger partial charge in [0.15, 0.2) is 5.82 Å². The summed E-state index contributed by atoms with van der Waals surface area (Å²) in [5.74, 6) is 5.54. The number of pyridine rings is 1. The molecule has 0 radical (unpaired) electrons. The minimum absolute atomic E-state index is 0.0146. The Balaban J connectivity index is 2.47. The van der Waals surface area contributed by atoms with Gasteiger partial charge in [0.2, 0.25) is 10.0 Å². The summed E-state index contributed by atoms with van der Waals surface area (Å²) >= 11 is 0. The van der Waals surface area contributed by atoms with Crippen molar-refractivity contribution in [3.8, 4) is 0 Å². The van der Waals surface area contributed by atoms with Crippen LogP contribution in [-0.4, -0.2) is 29.8 Å². The van der Waals surface area contributed by atoms with E-state index in [1.54, 1.807) is 10.4 Å². The van der Waals surface area contributed by atoms with Crippen LogP contribution in [0.15, 0.2) is 23.2 Å². The highest BCUT2D eigenvalue weighted by molar-refractivity contribution is 7.89. The summed E-state index contributed by atoms with van der Waals surface area (Å²) in [7, 11) is -3.56. The number of rotatable bonds is 4. The van der Waals surface area contributed by atoms with Gasteiger partial charge < -0.3 is 5.43 Å². The number of nitrogens with one attached hydrogen (secondary N) is 1. The average molecular weight is 284 g/mol. The van der Waals surface area contributed by atoms with Crippen molar-refractivity contribution in [3.63, 3.8) is 0 Å².